The Balaban J connectivity index is 1.22. The monoisotopic (exact) mass is 439 g/mol. The summed E-state index contributed by atoms with van der Waals surface area (Å²) in [6.45, 7) is 6.14. The molecular weight excluding hydrogens is 413 g/mol. The molecule has 32 heavy (non-hydrogen) atoms. The summed E-state index contributed by atoms with van der Waals surface area (Å²) in [5, 5.41) is 8.17. The van der Waals surface area contributed by atoms with Gasteiger partial charge in [-0.2, -0.15) is 5.10 Å². The maximum atomic E-state index is 12.9. The van der Waals surface area contributed by atoms with Gasteiger partial charge in [0.15, 0.2) is 0 Å². The Labute approximate surface area is 185 Å². The van der Waals surface area contributed by atoms with E-state index in [0.717, 1.165) is 36.4 Å². The Kier molecular flexibility index (Phi) is 5.38. The SMILES string of the molecule is CCOc1cc2nn(C)cc2cc1NC(=O)c1cnc(N2CC(CN3CC(F)C3)C2)cn1. The van der Waals surface area contributed by atoms with Crippen LogP contribution in [0.3, 0.4) is 0 Å². The fourth-order valence-electron chi connectivity index (χ4n) is 4.23. The minimum atomic E-state index is -0.661. The predicted molar refractivity (Wildman–Crippen MR) is 119 cm³/mol. The van der Waals surface area contributed by atoms with Crippen LogP contribution in [-0.4, -0.2) is 76.1 Å². The number of rotatable bonds is 7. The number of hydrogen-bond donors (Lipinski definition) is 1. The Morgan fingerprint density at radius 2 is 2.03 bits per heavy atom. The molecule has 2 aliphatic rings. The Morgan fingerprint density at radius 1 is 1.22 bits per heavy atom. The molecule has 9 nitrogen and oxygen atoms in total. The molecule has 1 aromatic carbocycles. The van der Waals surface area contributed by atoms with Crippen LogP contribution in [0.5, 0.6) is 5.75 Å². The summed E-state index contributed by atoms with van der Waals surface area (Å²) >= 11 is 0. The third-order valence-corrected chi connectivity index (χ3v) is 5.85. The molecule has 0 bridgehead atoms. The van der Waals surface area contributed by atoms with Crippen molar-refractivity contribution in [3.8, 4) is 5.75 Å². The van der Waals surface area contributed by atoms with Crippen LogP contribution in [0, 0.1) is 5.92 Å². The second-order valence-electron chi connectivity index (χ2n) is 8.44. The van der Waals surface area contributed by atoms with Gasteiger partial charge in [-0.1, -0.05) is 0 Å². The molecule has 0 atom stereocenters. The van der Waals surface area contributed by atoms with Crippen molar-refractivity contribution < 1.29 is 13.9 Å². The van der Waals surface area contributed by atoms with Gasteiger partial charge >= 0.3 is 0 Å². The van der Waals surface area contributed by atoms with E-state index in [-0.39, 0.29) is 11.6 Å². The van der Waals surface area contributed by atoms with E-state index in [2.05, 4.69) is 30.2 Å². The lowest BCUT2D eigenvalue weighted by molar-refractivity contribution is 0.0473. The number of likely N-dealkylation sites (tertiary alicyclic amines) is 1. The molecule has 1 amide bonds. The van der Waals surface area contributed by atoms with Crippen LogP contribution in [-0.2, 0) is 7.05 Å². The van der Waals surface area contributed by atoms with Crippen LogP contribution in [0.2, 0.25) is 0 Å². The van der Waals surface area contributed by atoms with Gasteiger partial charge in [-0.3, -0.25) is 14.4 Å². The highest BCUT2D eigenvalue weighted by Gasteiger charge is 2.34. The molecule has 2 saturated heterocycles. The number of nitrogens with zero attached hydrogens (tertiary/aromatic N) is 6. The molecule has 1 N–H and O–H groups in total. The molecule has 0 aliphatic carbocycles. The Hall–Kier alpha value is -3.27. The Morgan fingerprint density at radius 3 is 2.72 bits per heavy atom. The molecule has 0 saturated carbocycles. The summed E-state index contributed by atoms with van der Waals surface area (Å²) in [4.78, 5) is 25.8. The maximum Gasteiger partial charge on any atom is 0.275 e. The first-order chi connectivity index (χ1) is 15.5. The third kappa shape index (κ3) is 4.10. The average Bonchev–Trinajstić information content (AvgIpc) is 3.08. The van der Waals surface area contributed by atoms with Crippen LogP contribution in [0.1, 0.15) is 17.4 Å². The topological polar surface area (TPSA) is 88.4 Å². The predicted octanol–water partition coefficient (Wildman–Crippen LogP) is 2.10. The van der Waals surface area contributed by atoms with E-state index < -0.39 is 6.17 Å². The number of fused-ring (bicyclic) bond motifs is 1. The van der Waals surface area contributed by atoms with Crippen molar-refractivity contribution in [1.29, 1.82) is 0 Å². The van der Waals surface area contributed by atoms with Crippen LogP contribution in [0.25, 0.3) is 10.9 Å². The van der Waals surface area contributed by atoms with E-state index in [1.54, 1.807) is 10.9 Å². The summed E-state index contributed by atoms with van der Waals surface area (Å²) in [6, 6.07) is 3.66. The van der Waals surface area contributed by atoms with Crippen molar-refractivity contribution >= 4 is 28.3 Å². The summed E-state index contributed by atoms with van der Waals surface area (Å²) in [6.07, 6.45) is 4.34. The number of hydrogen-bond acceptors (Lipinski definition) is 7. The van der Waals surface area contributed by atoms with E-state index in [0.29, 0.717) is 37.1 Å². The van der Waals surface area contributed by atoms with Gasteiger partial charge in [-0.05, 0) is 13.0 Å². The molecule has 2 fully saturated rings. The quantitative estimate of drug-likeness (QED) is 0.603. The highest BCUT2D eigenvalue weighted by Crippen LogP contribution is 2.30. The maximum absolute atomic E-state index is 12.9. The van der Waals surface area contributed by atoms with Gasteiger partial charge in [0.05, 0.1) is 30.2 Å². The molecule has 0 radical (unpaired) electrons. The minimum Gasteiger partial charge on any atom is -0.492 e. The summed E-state index contributed by atoms with van der Waals surface area (Å²) in [5.41, 5.74) is 1.59. The van der Waals surface area contributed by atoms with Crippen molar-refractivity contribution in [2.24, 2.45) is 13.0 Å². The number of ether oxygens (including phenoxy) is 1. The molecule has 0 spiro atoms. The zero-order chi connectivity index (χ0) is 22.2. The molecular formula is C22H26FN7O2. The first-order valence-corrected chi connectivity index (χ1v) is 10.8. The van der Waals surface area contributed by atoms with Crippen molar-refractivity contribution in [3.05, 3.63) is 36.4 Å². The third-order valence-electron chi connectivity index (χ3n) is 5.85. The van der Waals surface area contributed by atoms with E-state index >= 15 is 0 Å². The number of benzene rings is 1. The lowest BCUT2D eigenvalue weighted by atomic mass is 9.98. The summed E-state index contributed by atoms with van der Waals surface area (Å²) in [5.74, 6) is 1.47. The summed E-state index contributed by atoms with van der Waals surface area (Å²) in [7, 11) is 1.85. The number of alkyl halides is 1. The zero-order valence-corrected chi connectivity index (χ0v) is 18.2. The molecule has 2 aromatic heterocycles. The van der Waals surface area contributed by atoms with Gasteiger partial charge in [0.1, 0.15) is 23.4 Å². The van der Waals surface area contributed by atoms with E-state index in [1.165, 1.54) is 6.20 Å². The molecule has 168 valence electrons. The lowest BCUT2D eigenvalue weighted by Crippen LogP contribution is -2.57. The highest BCUT2D eigenvalue weighted by molar-refractivity contribution is 6.04. The number of anilines is 2. The van der Waals surface area contributed by atoms with Crippen molar-refractivity contribution in [2.45, 2.75) is 13.1 Å². The average molecular weight is 439 g/mol. The number of nitrogens with one attached hydrogen (secondary N) is 1. The van der Waals surface area contributed by atoms with E-state index in [1.807, 2.05) is 32.3 Å². The van der Waals surface area contributed by atoms with Crippen LogP contribution < -0.4 is 15.0 Å². The molecule has 2 aliphatic heterocycles. The largest absolute Gasteiger partial charge is 0.492 e. The number of aryl methyl sites for hydroxylation is 1. The first kappa shape index (κ1) is 20.6. The highest BCUT2D eigenvalue weighted by atomic mass is 19.1. The first-order valence-electron chi connectivity index (χ1n) is 10.8. The van der Waals surface area contributed by atoms with Gasteiger partial charge < -0.3 is 15.0 Å². The molecule has 0 unspecified atom stereocenters. The molecule has 5 rings (SSSR count). The lowest BCUT2D eigenvalue weighted by Gasteiger charge is -2.45. The van der Waals surface area contributed by atoms with Crippen LogP contribution >= 0.6 is 0 Å². The van der Waals surface area contributed by atoms with Gasteiger partial charge in [-0.25, -0.2) is 14.4 Å². The minimum absolute atomic E-state index is 0.231. The van der Waals surface area contributed by atoms with E-state index in [9.17, 15) is 9.18 Å². The standard InChI is InChI=1S/C22H26FN7O2/c1-3-32-20-5-17-15(11-28(2)27-17)4-18(20)26-22(31)19-6-25-21(7-24-19)30-9-14(10-30)8-29-12-16(23)13-29/h4-7,11,14,16H,3,8-10,12-13H2,1-2H3,(H,26,31). The number of amides is 1. The fourth-order valence-corrected chi connectivity index (χ4v) is 4.23. The van der Waals surface area contributed by atoms with Gasteiger partial charge in [-0.15, -0.1) is 0 Å². The van der Waals surface area contributed by atoms with Crippen LogP contribution in [0.4, 0.5) is 15.9 Å². The van der Waals surface area contributed by atoms with Crippen molar-refractivity contribution in [2.75, 3.05) is 49.5 Å². The van der Waals surface area contributed by atoms with Gasteiger partial charge in [0.25, 0.3) is 5.91 Å². The fraction of sp³-hybridized carbons (Fsp3) is 0.455. The van der Waals surface area contributed by atoms with Gasteiger partial charge in [0.2, 0.25) is 0 Å². The number of halogens is 1. The molecule has 10 heteroatoms. The van der Waals surface area contributed by atoms with Gasteiger partial charge in [0, 0.05) is 63.3 Å². The van der Waals surface area contributed by atoms with Crippen molar-refractivity contribution in [1.82, 2.24) is 24.6 Å². The van der Waals surface area contributed by atoms with E-state index in [4.69, 9.17) is 4.74 Å². The smallest absolute Gasteiger partial charge is 0.275 e. The number of carbonyl (C=O) groups is 1. The second kappa shape index (κ2) is 8.34. The Bertz CT molecular complexity index is 1120. The number of carbonyl (C=O) groups excluding carboxylic acids is 1. The van der Waals surface area contributed by atoms with Crippen LogP contribution in [0.15, 0.2) is 30.7 Å². The normalized spacial score (nSPS) is 17.3. The zero-order valence-electron chi connectivity index (χ0n) is 18.2. The summed E-state index contributed by atoms with van der Waals surface area (Å²) < 4.78 is 20.3. The van der Waals surface area contributed by atoms with Crippen molar-refractivity contribution in [3.63, 3.8) is 0 Å². The second-order valence-corrected chi connectivity index (χ2v) is 8.44. The number of aromatic nitrogens is 4. The molecule has 4 heterocycles. The molecule has 3 aromatic rings.